The minimum atomic E-state index is -0.844. The standard InChI is InChI=1S/C19H13Cl2F2NO2/c1-26-19(13-7-6-12(22)9-16(13)23)11-5-8-17(25)24(10-11)18-14(20)3-2-4-15(18)21/h2-10,19H,1H3. The molecule has 0 bridgehead atoms. The van der Waals surface area contributed by atoms with E-state index in [4.69, 9.17) is 27.9 Å². The molecular formula is C19H13Cl2F2NO2. The largest absolute Gasteiger partial charge is 0.372 e. The van der Waals surface area contributed by atoms with Crippen LogP contribution in [0.3, 0.4) is 0 Å². The van der Waals surface area contributed by atoms with Gasteiger partial charge in [0.15, 0.2) is 0 Å². The van der Waals surface area contributed by atoms with Gasteiger partial charge in [-0.2, -0.15) is 0 Å². The molecule has 0 aliphatic rings. The minimum Gasteiger partial charge on any atom is -0.372 e. The molecule has 1 aromatic heterocycles. The molecule has 2 aromatic carbocycles. The summed E-state index contributed by atoms with van der Waals surface area (Å²) in [4.78, 5) is 12.3. The lowest BCUT2D eigenvalue weighted by molar-refractivity contribution is 0.132. The molecule has 7 heteroatoms. The second kappa shape index (κ2) is 7.58. The van der Waals surface area contributed by atoms with Gasteiger partial charge in [0.2, 0.25) is 0 Å². The van der Waals surface area contributed by atoms with Gasteiger partial charge in [-0.05, 0) is 24.3 Å². The highest BCUT2D eigenvalue weighted by Gasteiger charge is 2.20. The zero-order chi connectivity index (χ0) is 18.8. The number of para-hydroxylation sites is 1. The van der Waals surface area contributed by atoms with Gasteiger partial charge in [0.05, 0.1) is 15.7 Å². The second-order valence-electron chi connectivity index (χ2n) is 5.52. The second-order valence-corrected chi connectivity index (χ2v) is 6.34. The molecule has 0 spiro atoms. The maximum absolute atomic E-state index is 14.2. The summed E-state index contributed by atoms with van der Waals surface area (Å²) >= 11 is 12.4. The van der Waals surface area contributed by atoms with Crippen molar-refractivity contribution in [2.45, 2.75) is 6.10 Å². The van der Waals surface area contributed by atoms with Gasteiger partial charge < -0.3 is 4.74 Å². The number of ether oxygens (including phenoxy) is 1. The van der Waals surface area contributed by atoms with Gasteiger partial charge in [-0.3, -0.25) is 9.36 Å². The molecule has 1 heterocycles. The average Bonchev–Trinajstić information content (AvgIpc) is 2.59. The van der Waals surface area contributed by atoms with E-state index in [9.17, 15) is 13.6 Å². The van der Waals surface area contributed by atoms with E-state index in [1.54, 1.807) is 18.2 Å². The van der Waals surface area contributed by atoms with Crippen molar-refractivity contribution in [2.24, 2.45) is 0 Å². The third kappa shape index (κ3) is 3.51. The van der Waals surface area contributed by atoms with Gasteiger partial charge in [0.25, 0.3) is 5.56 Å². The first-order valence-electron chi connectivity index (χ1n) is 7.57. The molecular weight excluding hydrogens is 383 g/mol. The fraction of sp³-hybridized carbons (Fsp3) is 0.105. The maximum atomic E-state index is 14.2. The topological polar surface area (TPSA) is 31.2 Å². The van der Waals surface area contributed by atoms with Crippen LogP contribution in [0.2, 0.25) is 10.0 Å². The molecule has 1 unspecified atom stereocenters. The van der Waals surface area contributed by atoms with Crippen LogP contribution in [0.15, 0.2) is 59.5 Å². The molecule has 0 aliphatic heterocycles. The molecule has 3 aromatic rings. The van der Waals surface area contributed by atoms with Crippen LogP contribution in [0.25, 0.3) is 5.69 Å². The van der Waals surface area contributed by atoms with Crippen molar-refractivity contribution in [3.8, 4) is 5.69 Å². The van der Waals surface area contributed by atoms with E-state index < -0.39 is 17.7 Å². The highest BCUT2D eigenvalue weighted by Crippen LogP contribution is 2.30. The van der Waals surface area contributed by atoms with Crippen LogP contribution in [-0.4, -0.2) is 11.7 Å². The Labute approximate surface area is 158 Å². The van der Waals surface area contributed by atoms with E-state index in [1.807, 2.05) is 0 Å². The molecule has 0 saturated heterocycles. The van der Waals surface area contributed by atoms with Gasteiger partial charge in [0.1, 0.15) is 17.7 Å². The Morgan fingerprint density at radius 1 is 1.04 bits per heavy atom. The summed E-state index contributed by atoms with van der Waals surface area (Å²) in [7, 11) is 1.39. The fourth-order valence-electron chi connectivity index (χ4n) is 2.71. The molecule has 0 aliphatic carbocycles. The third-order valence-corrected chi connectivity index (χ3v) is 4.51. The maximum Gasteiger partial charge on any atom is 0.255 e. The van der Waals surface area contributed by atoms with E-state index >= 15 is 0 Å². The molecule has 0 radical (unpaired) electrons. The van der Waals surface area contributed by atoms with E-state index in [1.165, 1.54) is 36.1 Å². The van der Waals surface area contributed by atoms with Crippen LogP contribution in [-0.2, 0) is 4.74 Å². The number of hydrogen-bond donors (Lipinski definition) is 0. The highest BCUT2D eigenvalue weighted by molar-refractivity contribution is 6.37. The van der Waals surface area contributed by atoms with Gasteiger partial charge in [0, 0.05) is 36.6 Å². The quantitative estimate of drug-likeness (QED) is 0.610. The van der Waals surface area contributed by atoms with Crippen molar-refractivity contribution in [1.29, 1.82) is 0 Å². The lowest BCUT2D eigenvalue weighted by Crippen LogP contribution is -2.19. The molecule has 134 valence electrons. The molecule has 0 N–H and O–H groups in total. The number of hydrogen-bond acceptors (Lipinski definition) is 2. The average molecular weight is 396 g/mol. The van der Waals surface area contributed by atoms with Crippen LogP contribution in [0.1, 0.15) is 17.2 Å². The summed E-state index contributed by atoms with van der Waals surface area (Å²) < 4.78 is 34.0. The van der Waals surface area contributed by atoms with E-state index in [-0.39, 0.29) is 11.1 Å². The minimum absolute atomic E-state index is 0.143. The monoisotopic (exact) mass is 395 g/mol. The highest BCUT2D eigenvalue weighted by atomic mass is 35.5. The predicted molar refractivity (Wildman–Crippen MR) is 97.3 cm³/mol. The van der Waals surface area contributed by atoms with Crippen LogP contribution in [0, 0.1) is 11.6 Å². The SMILES string of the molecule is COC(c1ccc(=O)n(-c2c(Cl)cccc2Cl)c1)c1ccc(F)cc1F. The van der Waals surface area contributed by atoms with Crippen LogP contribution < -0.4 is 5.56 Å². The molecule has 0 fully saturated rings. The Morgan fingerprint density at radius 2 is 1.73 bits per heavy atom. The molecule has 26 heavy (non-hydrogen) atoms. The van der Waals surface area contributed by atoms with E-state index in [2.05, 4.69) is 0 Å². The summed E-state index contributed by atoms with van der Waals surface area (Å²) in [5.41, 5.74) is 0.577. The zero-order valence-electron chi connectivity index (χ0n) is 13.5. The van der Waals surface area contributed by atoms with Crippen molar-refractivity contribution in [2.75, 3.05) is 7.11 Å². The van der Waals surface area contributed by atoms with Crippen molar-refractivity contribution in [3.63, 3.8) is 0 Å². The Hall–Kier alpha value is -2.21. The lowest BCUT2D eigenvalue weighted by Gasteiger charge is -2.19. The third-order valence-electron chi connectivity index (χ3n) is 3.90. The molecule has 0 amide bonds. The fourth-order valence-corrected chi connectivity index (χ4v) is 3.29. The summed E-state index contributed by atoms with van der Waals surface area (Å²) in [5, 5.41) is 0.581. The molecule has 3 rings (SSSR count). The summed E-state index contributed by atoms with van der Waals surface area (Å²) in [5.74, 6) is -1.43. The van der Waals surface area contributed by atoms with Crippen LogP contribution in [0.5, 0.6) is 0 Å². The van der Waals surface area contributed by atoms with Crippen molar-refractivity contribution in [3.05, 3.63) is 97.9 Å². The van der Waals surface area contributed by atoms with Crippen molar-refractivity contribution in [1.82, 2.24) is 4.57 Å². The number of benzene rings is 2. The van der Waals surface area contributed by atoms with Crippen LogP contribution in [0.4, 0.5) is 8.78 Å². The molecule has 3 nitrogen and oxygen atoms in total. The van der Waals surface area contributed by atoms with Gasteiger partial charge in [-0.1, -0.05) is 35.3 Å². The number of rotatable bonds is 4. The number of pyridine rings is 1. The normalized spacial score (nSPS) is 12.2. The molecule has 0 saturated carbocycles. The summed E-state index contributed by atoms with van der Waals surface area (Å²) in [6, 6.07) is 10.9. The van der Waals surface area contributed by atoms with Gasteiger partial charge in [-0.15, -0.1) is 0 Å². The number of halogens is 4. The summed E-state index contributed by atoms with van der Waals surface area (Å²) in [6.45, 7) is 0. The Kier molecular flexibility index (Phi) is 5.41. The van der Waals surface area contributed by atoms with Crippen molar-refractivity contribution < 1.29 is 13.5 Å². The van der Waals surface area contributed by atoms with Gasteiger partial charge in [-0.25, -0.2) is 8.78 Å². The first-order chi connectivity index (χ1) is 12.4. The number of nitrogens with zero attached hydrogens (tertiary/aromatic N) is 1. The van der Waals surface area contributed by atoms with Crippen LogP contribution >= 0.6 is 23.2 Å². The van der Waals surface area contributed by atoms with Crippen molar-refractivity contribution >= 4 is 23.2 Å². The summed E-state index contributed by atoms with van der Waals surface area (Å²) in [6.07, 6.45) is 0.635. The molecule has 1 atom stereocenters. The number of methoxy groups -OCH3 is 1. The Balaban J connectivity index is 2.16. The lowest BCUT2D eigenvalue weighted by atomic mass is 10.0. The first-order valence-corrected chi connectivity index (χ1v) is 8.32. The predicted octanol–water partition coefficient (Wildman–Crippen LogP) is 5.16. The first kappa shape index (κ1) is 18.6. The Bertz CT molecular complexity index is 1000. The van der Waals surface area contributed by atoms with E-state index in [0.717, 1.165) is 12.1 Å². The zero-order valence-corrected chi connectivity index (χ0v) is 15.1. The smallest absolute Gasteiger partial charge is 0.255 e. The Morgan fingerprint density at radius 3 is 2.35 bits per heavy atom. The van der Waals surface area contributed by atoms with Gasteiger partial charge >= 0.3 is 0 Å². The van der Waals surface area contributed by atoms with E-state index in [0.29, 0.717) is 21.3 Å². The number of aromatic nitrogens is 1.